The van der Waals surface area contributed by atoms with Crippen LogP contribution in [0, 0.1) is 6.92 Å². The molecule has 0 saturated heterocycles. The van der Waals surface area contributed by atoms with E-state index in [9.17, 15) is 9.90 Å². The molecule has 1 saturated carbocycles. The number of fused-ring (bicyclic) bond motifs is 1. The molecule has 4 nitrogen and oxygen atoms in total. The minimum atomic E-state index is -0.722. The zero-order valence-corrected chi connectivity index (χ0v) is 16.8. The van der Waals surface area contributed by atoms with Crippen LogP contribution in [0.1, 0.15) is 24.0 Å². The number of rotatable bonds is 4. The van der Waals surface area contributed by atoms with Crippen molar-refractivity contribution in [3.8, 4) is 21.6 Å². The molecule has 0 atom stereocenters. The molecule has 2 heterocycles. The topological polar surface area (TPSA) is 76.2 Å². The number of carboxylic acids is 1. The summed E-state index contributed by atoms with van der Waals surface area (Å²) in [5, 5.41) is 10.5. The quantitative estimate of drug-likeness (QED) is 0.465. The van der Waals surface area contributed by atoms with Crippen LogP contribution in [-0.2, 0) is 10.2 Å². The van der Waals surface area contributed by atoms with Gasteiger partial charge < -0.3 is 10.8 Å². The third-order valence-electron chi connectivity index (χ3n) is 5.80. The lowest BCUT2D eigenvalue weighted by atomic mass is 9.93. The summed E-state index contributed by atoms with van der Waals surface area (Å²) in [4.78, 5) is 18.0. The van der Waals surface area contributed by atoms with Crippen LogP contribution < -0.4 is 5.73 Å². The van der Waals surface area contributed by atoms with Crippen LogP contribution >= 0.6 is 11.3 Å². The van der Waals surface area contributed by atoms with Crippen molar-refractivity contribution in [3.63, 3.8) is 0 Å². The summed E-state index contributed by atoms with van der Waals surface area (Å²) < 4.78 is 0. The van der Waals surface area contributed by atoms with Gasteiger partial charge in [-0.25, -0.2) is 4.98 Å². The maximum absolute atomic E-state index is 11.5. The zero-order chi connectivity index (χ0) is 20.2. The molecule has 0 bridgehead atoms. The SMILES string of the molecule is Cc1cnc2sc(-c3ccc(-c4ccc(C5(C(=O)O)CC5)cc4)cc3)c(N)c2c1. The molecule has 5 rings (SSSR count). The van der Waals surface area contributed by atoms with Crippen molar-refractivity contribution in [1.82, 2.24) is 4.98 Å². The minimum absolute atomic E-state index is 0.659. The van der Waals surface area contributed by atoms with Crippen LogP contribution in [-0.4, -0.2) is 16.1 Å². The van der Waals surface area contributed by atoms with E-state index in [1.54, 1.807) is 11.3 Å². The molecule has 0 amide bonds. The average molecular weight is 401 g/mol. The van der Waals surface area contributed by atoms with E-state index >= 15 is 0 Å². The zero-order valence-electron chi connectivity index (χ0n) is 16.0. The van der Waals surface area contributed by atoms with Gasteiger partial charge in [0.25, 0.3) is 0 Å². The largest absolute Gasteiger partial charge is 0.481 e. The van der Waals surface area contributed by atoms with Gasteiger partial charge in [0.05, 0.1) is 16.0 Å². The standard InChI is InChI=1S/C24H20N2O2S/c1-14-12-19-20(25)21(29-22(19)26-13-14)17-4-2-15(3-5-17)16-6-8-18(9-7-16)24(10-11-24)23(27)28/h2-9,12-13H,10-11,25H2,1H3,(H,27,28). The number of pyridine rings is 1. The Labute approximate surface area is 172 Å². The predicted molar refractivity (Wildman–Crippen MR) is 118 cm³/mol. The highest BCUT2D eigenvalue weighted by Gasteiger charge is 2.51. The highest BCUT2D eigenvalue weighted by Crippen LogP contribution is 2.48. The number of nitrogens with two attached hydrogens (primary N) is 1. The van der Waals surface area contributed by atoms with Gasteiger partial charge in [-0.3, -0.25) is 4.79 Å². The summed E-state index contributed by atoms with van der Waals surface area (Å²) in [5.74, 6) is -0.722. The number of carbonyl (C=O) groups is 1. The monoisotopic (exact) mass is 400 g/mol. The van der Waals surface area contributed by atoms with Gasteiger partial charge in [0.1, 0.15) is 4.83 Å². The Balaban J connectivity index is 1.45. The van der Waals surface area contributed by atoms with Gasteiger partial charge in [-0.1, -0.05) is 48.5 Å². The number of hydrogen-bond donors (Lipinski definition) is 2. The molecule has 0 spiro atoms. The number of thiophene rings is 1. The fourth-order valence-corrected chi connectivity index (χ4v) is 4.92. The van der Waals surface area contributed by atoms with Crippen molar-refractivity contribution < 1.29 is 9.90 Å². The Bertz CT molecular complexity index is 1240. The third kappa shape index (κ3) is 2.89. The van der Waals surface area contributed by atoms with Crippen LogP contribution in [0.15, 0.2) is 60.8 Å². The summed E-state index contributed by atoms with van der Waals surface area (Å²) in [5.41, 5.74) is 11.8. The second-order valence-corrected chi connectivity index (χ2v) is 8.75. The van der Waals surface area contributed by atoms with Gasteiger partial charge in [-0.05, 0) is 53.6 Å². The van der Waals surface area contributed by atoms with Crippen molar-refractivity contribution in [2.45, 2.75) is 25.2 Å². The second-order valence-electron chi connectivity index (χ2n) is 7.75. The van der Waals surface area contributed by atoms with Gasteiger partial charge in [-0.15, -0.1) is 11.3 Å². The van der Waals surface area contributed by atoms with Gasteiger partial charge in [-0.2, -0.15) is 0 Å². The van der Waals surface area contributed by atoms with Crippen LogP contribution in [0.2, 0.25) is 0 Å². The fourth-order valence-electron chi connectivity index (χ4n) is 3.87. The van der Waals surface area contributed by atoms with E-state index in [1.807, 2.05) is 37.4 Å². The number of aliphatic carboxylic acids is 1. The molecule has 3 N–H and O–H groups in total. The number of carboxylic acid groups (broad SMARTS) is 1. The third-order valence-corrected chi connectivity index (χ3v) is 6.98. The molecule has 1 aliphatic rings. The lowest BCUT2D eigenvalue weighted by Gasteiger charge is -2.11. The van der Waals surface area contributed by atoms with Crippen molar-refractivity contribution in [3.05, 3.63) is 71.9 Å². The number of hydrogen-bond acceptors (Lipinski definition) is 4. The lowest BCUT2D eigenvalue weighted by molar-refractivity contribution is -0.140. The van der Waals surface area contributed by atoms with Crippen molar-refractivity contribution in [2.24, 2.45) is 0 Å². The molecule has 144 valence electrons. The maximum Gasteiger partial charge on any atom is 0.314 e. The number of anilines is 1. The Morgan fingerprint density at radius 3 is 2.21 bits per heavy atom. The lowest BCUT2D eigenvalue weighted by Crippen LogP contribution is -2.19. The van der Waals surface area contributed by atoms with E-state index in [1.165, 1.54) is 0 Å². The molecule has 2 aromatic heterocycles. The van der Waals surface area contributed by atoms with Crippen LogP contribution in [0.5, 0.6) is 0 Å². The fraction of sp³-hybridized carbons (Fsp3) is 0.167. The van der Waals surface area contributed by atoms with Crippen LogP contribution in [0.3, 0.4) is 0 Å². The smallest absolute Gasteiger partial charge is 0.314 e. The van der Waals surface area contributed by atoms with Gasteiger partial charge in [0.15, 0.2) is 0 Å². The summed E-state index contributed by atoms with van der Waals surface area (Å²) in [6.45, 7) is 2.02. The van der Waals surface area contributed by atoms with Crippen LogP contribution in [0.4, 0.5) is 5.69 Å². The van der Waals surface area contributed by atoms with E-state index in [-0.39, 0.29) is 0 Å². The molecule has 1 aliphatic carbocycles. The molecular weight excluding hydrogens is 380 g/mol. The van der Waals surface area contributed by atoms with E-state index < -0.39 is 11.4 Å². The first-order valence-electron chi connectivity index (χ1n) is 9.57. The van der Waals surface area contributed by atoms with E-state index in [2.05, 4.69) is 35.3 Å². The van der Waals surface area contributed by atoms with Gasteiger partial charge >= 0.3 is 5.97 Å². The Morgan fingerprint density at radius 1 is 1.03 bits per heavy atom. The summed E-state index contributed by atoms with van der Waals surface area (Å²) in [6, 6.07) is 18.3. The Morgan fingerprint density at radius 2 is 1.62 bits per heavy atom. The highest BCUT2D eigenvalue weighted by molar-refractivity contribution is 7.22. The van der Waals surface area contributed by atoms with Crippen molar-refractivity contribution in [1.29, 1.82) is 0 Å². The first kappa shape index (κ1) is 17.9. The molecule has 0 aliphatic heterocycles. The van der Waals surface area contributed by atoms with E-state index in [0.29, 0.717) is 0 Å². The van der Waals surface area contributed by atoms with Gasteiger partial charge in [0, 0.05) is 11.6 Å². The number of nitrogen functional groups attached to an aromatic ring is 1. The molecule has 0 radical (unpaired) electrons. The average Bonchev–Trinajstić information content (AvgIpc) is 3.49. The first-order valence-corrected chi connectivity index (χ1v) is 10.4. The summed E-state index contributed by atoms with van der Waals surface area (Å²) in [7, 11) is 0. The van der Waals surface area contributed by atoms with Crippen molar-refractivity contribution >= 4 is 33.2 Å². The number of benzene rings is 2. The second kappa shape index (κ2) is 6.42. The number of nitrogens with zero attached hydrogens (tertiary/aromatic N) is 1. The number of aromatic nitrogens is 1. The molecule has 1 fully saturated rings. The maximum atomic E-state index is 11.5. The molecule has 0 unspecified atom stereocenters. The Hall–Kier alpha value is -3.18. The summed E-state index contributed by atoms with van der Waals surface area (Å²) >= 11 is 1.61. The van der Waals surface area contributed by atoms with Gasteiger partial charge in [0.2, 0.25) is 0 Å². The predicted octanol–water partition coefficient (Wildman–Crippen LogP) is 5.64. The molecule has 29 heavy (non-hydrogen) atoms. The summed E-state index contributed by atoms with van der Waals surface area (Å²) in [6.07, 6.45) is 3.31. The molecule has 4 aromatic rings. The van der Waals surface area contributed by atoms with E-state index in [4.69, 9.17) is 5.73 Å². The first-order chi connectivity index (χ1) is 14.0. The molecule has 2 aromatic carbocycles. The highest BCUT2D eigenvalue weighted by atomic mass is 32.1. The normalized spacial score (nSPS) is 14.8. The van der Waals surface area contributed by atoms with E-state index in [0.717, 1.165) is 61.4 Å². The van der Waals surface area contributed by atoms with Crippen LogP contribution in [0.25, 0.3) is 31.8 Å². The molecular formula is C24H20N2O2S. The number of aryl methyl sites for hydroxylation is 1. The van der Waals surface area contributed by atoms with Crippen molar-refractivity contribution in [2.75, 3.05) is 5.73 Å². The molecule has 5 heteroatoms. The minimum Gasteiger partial charge on any atom is -0.481 e. The Kier molecular flexibility index (Phi) is 3.96.